The van der Waals surface area contributed by atoms with Crippen LogP contribution >= 0.6 is 0 Å². The van der Waals surface area contributed by atoms with Gasteiger partial charge in [-0.15, -0.1) is 0 Å². The van der Waals surface area contributed by atoms with E-state index in [1.54, 1.807) is 0 Å². The zero-order valence-corrected chi connectivity index (χ0v) is 13.3. The van der Waals surface area contributed by atoms with E-state index in [1.165, 1.54) is 55.2 Å². The Kier molecular flexibility index (Phi) is 4.66. The molecule has 1 fully saturated rings. The highest BCUT2D eigenvalue weighted by Gasteiger charge is 2.32. The minimum Gasteiger partial charge on any atom is -0.389 e. The lowest BCUT2D eigenvalue weighted by molar-refractivity contribution is -0.00881. The standard InChI is InChI=1S/C19H29NO/c1-2-15-8-10-19(21,11-9-15)14-20-13-16-6-7-17-4-3-5-18(17)12-16/h6-7,12,15,20-21H,2-5,8-11,13-14H2,1H3. The Morgan fingerprint density at radius 3 is 2.71 bits per heavy atom. The molecule has 0 aliphatic heterocycles. The van der Waals surface area contributed by atoms with E-state index in [0.717, 1.165) is 31.8 Å². The Balaban J connectivity index is 1.47. The molecular formula is C19H29NO. The lowest BCUT2D eigenvalue weighted by Gasteiger charge is -2.36. The Morgan fingerprint density at radius 2 is 1.95 bits per heavy atom. The van der Waals surface area contributed by atoms with Crippen LogP contribution in [-0.2, 0) is 19.4 Å². The summed E-state index contributed by atoms with van der Waals surface area (Å²) >= 11 is 0. The van der Waals surface area contributed by atoms with E-state index in [0.29, 0.717) is 0 Å². The summed E-state index contributed by atoms with van der Waals surface area (Å²) in [6.45, 7) is 3.88. The second kappa shape index (κ2) is 6.50. The van der Waals surface area contributed by atoms with Gasteiger partial charge in [-0.1, -0.05) is 31.5 Å². The van der Waals surface area contributed by atoms with Crippen molar-refractivity contribution in [3.05, 3.63) is 34.9 Å². The highest BCUT2D eigenvalue weighted by molar-refractivity contribution is 5.35. The maximum absolute atomic E-state index is 10.7. The summed E-state index contributed by atoms with van der Waals surface area (Å²) in [6, 6.07) is 6.89. The minimum atomic E-state index is -0.470. The predicted molar refractivity (Wildman–Crippen MR) is 87.4 cm³/mol. The van der Waals surface area contributed by atoms with Crippen LogP contribution in [0, 0.1) is 5.92 Å². The molecule has 3 rings (SSSR count). The molecule has 0 saturated heterocycles. The van der Waals surface area contributed by atoms with Crippen molar-refractivity contribution >= 4 is 0 Å². The molecule has 21 heavy (non-hydrogen) atoms. The first kappa shape index (κ1) is 15.1. The summed E-state index contributed by atoms with van der Waals surface area (Å²) < 4.78 is 0. The molecule has 2 aliphatic carbocycles. The third-order valence-electron chi connectivity index (χ3n) is 5.56. The average Bonchev–Trinajstić information content (AvgIpc) is 2.95. The number of nitrogens with one attached hydrogen (secondary N) is 1. The number of hydrogen-bond donors (Lipinski definition) is 2. The molecule has 116 valence electrons. The van der Waals surface area contributed by atoms with E-state index >= 15 is 0 Å². The van der Waals surface area contributed by atoms with Crippen molar-refractivity contribution in [2.24, 2.45) is 5.92 Å². The van der Waals surface area contributed by atoms with Gasteiger partial charge in [-0.25, -0.2) is 0 Å². The van der Waals surface area contributed by atoms with E-state index in [1.807, 2.05) is 0 Å². The summed E-state index contributed by atoms with van der Waals surface area (Å²) in [6.07, 6.45) is 9.36. The fourth-order valence-corrected chi connectivity index (χ4v) is 3.97. The molecule has 0 amide bonds. The van der Waals surface area contributed by atoms with E-state index in [9.17, 15) is 5.11 Å². The van der Waals surface area contributed by atoms with Crippen LogP contribution in [0.5, 0.6) is 0 Å². The highest BCUT2D eigenvalue weighted by Crippen LogP contribution is 2.33. The molecule has 0 heterocycles. The predicted octanol–water partition coefficient (Wildman–Crippen LogP) is 3.60. The summed E-state index contributed by atoms with van der Waals surface area (Å²) in [4.78, 5) is 0. The molecule has 2 nitrogen and oxygen atoms in total. The molecule has 2 heteroatoms. The van der Waals surface area contributed by atoms with Crippen LogP contribution < -0.4 is 5.32 Å². The third-order valence-corrected chi connectivity index (χ3v) is 5.56. The van der Waals surface area contributed by atoms with Crippen molar-refractivity contribution in [2.45, 2.75) is 70.4 Å². The summed E-state index contributed by atoms with van der Waals surface area (Å²) in [7, 11) is 0. The normalized spacial score (nSPS) is 28.6. The van der Waals surface area contributed by atoms with Crippen LogP contribution in [0.2, 0.25) is 0 Å². The van der Waals surface area contributed by atoms with E-state index in [4.69, 9.17) is 0 Å². The molecule has 0 atom stereocenters. The van der Waals surface area contributed by atoms with E-state index in [-0.39, 0.29) is 0 Å². The van der Waals surface area contributed by atoms with Gasteiger partial charge in [0.1, 0.15) is 0 Å². The molecule has 0 spiro atoms. The lowest BCUT2D eigenvalue weighted by Crippen LogP contribution is -2.43. The molecule has 0 bridgehead atoms. The molecular weight excluding hydrogens is 258 g/mol. The van der Waals surface area contributed by atoms with Gasteiger partial charge in [0.2, 0.25) is 0 Å². The molecule has 1 aromatic rings. The van der Waals surface area contributed by atoms with Gasteiger partial charge in [0.15, 0.2) is 0 Å². The topological polar surface area (TPSA) is 32.3 Å². The van der Waals surface area contributed by atoms with Crippen molar-refractivity contribution in [1.29, 1.82) is 0 Å². The molecule has 1 aromatic carbocycles. The number of aliphatic hydroxyl groups is 1. The monoisotopic (exact) mass is 287 g/mol. The number of benzene rings is 1. The number of aryl methyl sites for hydroxylation is 2. The van der Waals surface area contributed by atoms with Crippen molar-refractivity contribution in [3.63, 3.8) is 0 Å². The van der Waals surface area contributed by atoms with Crippen molar-refractivity contribution < 1.29 is 5.11 Å². The number of hydrogen-bond acceptors (Lipinski definition) is 2. The lowest BCUT2D eigenvalue weighted by atomic mass is 9.78. The fourth-order valence-electron chi connectivity index (χ4n) is 3.97. The van der Waals surface area contributed by atoms with E-state index in [2.05, 4.69) is 30.4 Å². The zero-order valence-electron chi connectivity index (χ0n) is 13.3. The Labute approximate surface area is 129 Å². The van der Waals surface area contributed by atoms with Gasteiger partial charge in [-0.05, 0) is 67.6 Å². The summed E-state index contributed by atoms with van der Waals surface area (Å²) in [5.41, 5.74) is 3.97. The van der Waals surface area contributed by atoms with Gasteiger partial charge in [0, 0.05) is 13.1 Å². The van der Waals surface area contributed by atoms with Crippen molar-refractivity contribution in [3.8, 4) is 0 Å². The molecule has 2 aliphatic rings. The molecule has 1 saturated carbocycles. The van der Waals surface area contributed by atoms with Gasteiger partial charge in [-0.2, -0.15) is 0 Å². The first-order valence-corrected chi connectivity index (χ1v) is 8.72. The second-order valence-electron chi connectivity index (χ2n) is 7.14. The Hall–Kier alpha value is -0.860. The second-order valence-corrected chi connectivity index (χ2v) is 7.14. The maximum atomic E-state index is 10.7. The van der Waals surface area contributed by atoms with Crippen molar-refractivity contribution in [2.75, 3.05) is 6.54 Å². The number of rotatable bonds is 5. The van der Waals surface area contributed by atoms with Gasteiger partial charge >= 0.3 is 0 Å². The van der Waals surface area contributed by atoms with Crippen LogP contribution in [-0.4, -0.2) is 17.3 Å². The maximum Gasteiger partial charge on any atom is 0.0771 e. The third kappa shape index (κ3) is 3.67. The first-order valence-electron chi connectivity index (χ1n) is 8.72. The van der Waals surface area contributed by atoms with Gasteiger partial charge in [0.05, 0.1) is 5.60 Å². The van der Waals surface area contributed by atoms with Gasteiger partial charge in [-0.3, -0.25) is 0 Å². The van der Waals surface area contributed by atoms with Crippen molar-refractivity contribution in [1.82, 2.24) is 5.32 Å². The average molecular weight is 287 g/mol. The summed E-state index contributed by atoms with van der Waals surface area (Å²) in [5.74, 6) is 0.835. The fraction of sp³-hybridized carbons (Fsp3) is 0.684. The molecule has 0 radical (unpaired) electrons. The van der Waals surface area contributed by atoms with Gasteiger partial charge in [0.25, 0.3) is 0 Å². The van der Waals surface area contributed by atoms with E-state index < -0.39 is 5.60 Å². The molecule has 0 aromatic heterocycles. The summed E-state index contributed by atoms with van der Waals surface area (Å²) in [5, 5.41) is 14.1. The zero-order chi connectivity index (χ0) is 14.7. The van der Waals surface area contributed by atoms with Gasteiger partial charge < -0.3 is 10.4 Å². The SMILES string of the molecule is CCC1CCC(O)(CNCc2ccc3c(c2)CCC3)CC1. The smallest absolute Gasteiger partial charge is 0.0771 e. The minimum absolute atomic E-state index is 0.470. The molecule has 0 unspecified atom stereocenters. The largest absolute Gasteiger partial charge is 0.389 e. The highest BCUT2D eigenvalue weighted by atomic mass is 16.3. The van der Waals surface area contributed by atoms with Crippen LogP contribution in [0.25, 0.3) is 0 Å². The number of fused-ring (bicyclic) bond motifs is 1. The van der Waals surface area contributed by atoms with Crippen LogP contribution in [0.4, 0.5) is 0 Å². The Bertz CT molecular complexity index is 474. The first-order chi connectivity index (χ1) is 10.2. The van der Waals surface area contributed by atoms with Crippen LogP contribution in [0.3, 0.4) is 0 Å². The van der Waals surface area contributed by atoms with Crippen LogP contribution in [0.1, 0.15) is 62.1 Å². The molecule has 2 N–H and O–H groups in total. The quantitative estimate of drug-likeness (QED) is 0.867. The van der Waals surface area contributed by atoms with Crippen LogP contribution in [0.15, 0.2) is 18.2 Å². The Morgan fingerprint density at radius 1 is 1.19 bits per heavy atom.